The van der Waals surface area contributed by atoms with Crippen LogP contribution in [0.4, 0.5) is 5.69 Å². The number of guanidine groups is 1. The van der Waals surface area contributed by atoms with Crippen molar-refractivity contribution in [2.45, 2.75) is 25.8 Å². The summed E-state index contributed by atoms with van der Waals surface area (Å²) in [5.41, 5.74) is 8.18. The molecule has 0 radical (unpaired) electrons. The standard InChI is InChI=1S/C17H24N4OS/c18-17(20-9-11-23-12-10-20)19-13-14-4-6-15(7-5-14)21-8-2-1-3-16(21)22/h4-7H,1-3,8-13H2,(H2,18,19). The fourth-order valence-electron chi connectivity index (χ4n) is 2.92. The minimum absolute atomic E-state index is 0.231. The van der Waals surface area contributed by atoms with Gasteiger partial charge in [0.25, 0.3) is 0 Å². The van der Waals surface area contributed by atoms with Gasteiger partial charge in [-0.2, -0.15) is 11.8 Å². The number of nitrogens with zero attached hydrogens (tertiary/aromatic N) is 3. The molecule has 2 heterocycles. The lowest BCUT2D eigenvalue weighted by atomic mass is 10.1. The lowest BCUT2D eigenvalue weighted by molar-refractivity contribution is -0.119. The van der Waals surface area contributed by atoms with Gasteiger partial charge in [-0.3, -0.25) is 4.79 Å². The number of rotatable bonds is 3. The highest BCUT2D eigenvalue weighted by Crippen LogP contribution is 2.21. The Morgan fingerprint density at radius 3 is 2.57 bits per heavy atom. The number of piperidine rings is 1. The van der Waals surface area contributed by atoms with E-state index < -0.39 is 0 Å². The number of hydrogen-bond acceptors (Lipinski definition) is 3. The molecule has 6 heteroatoms. The summed E-state index contributed by atoms with van der Waals surface area (Å²) >= 11 is 1.96. The van der Waals surface area contributed by atoms with Gasteiger partial charge in [-0.1, -0.05) is 12.1 Å². The third kappa shape index (κ3) is 4.19. The van der Waals surface area contributed by atoms with Gasteiger partial charge in [0.2, 0.25) is 5.91 Å². The molecule has 1 aromatic carbocycles. The predicted octanol–water partition coefficient (Wildman–Crippen LogP) is 2.07. The molecular formula is C17H24N4OS. The largest absolute Gasteiger partial charge is 0.370 e. The Balaban J connectivity index is 1.59. The van der Waals surface area contributed by atoms with Crippen LogP contribution in [-0.2, 0) is 11.3 Å². The van der Waals surface area contributed by atoms with E-state index in [0.717, 1.165) is 55.2 Å². The molecule has 2 saturated heterocycles. The van der Waals surface area contributed by atoms with Crippen LogP contribution in [0.3, 0.4) is 0 Å². The summed E-state index contributed by atoms with van der Waals surface area (Å²) in [7, 11) is 0. The third-order valence-electron chi connectivity index (χ3n) is 4.33. The number of benzene rings is 1. The SMILES string of the molecule is NC(=NCc1ccc(N2CCCCC2=O)cc1)N1CCSCC1. The highest BCUT2D eigenvalue weighted by Gasteiger charge is 2.19. The number of anilines is 1. The van der Waals surface area contributed by atoms with Gasteiger partial charge in [-0.05, 0) is 30.5 Å². The molecule has 2 fully saturated rings. The average molecular weight is 332 g/mol. The van der Waals surface area contributed by atoms with E-state index in [1.807, 2.05) is 40.9 Å². The number of hydrogen-bond donors (Lipinski definition) is 1. The number of carbonyl (C=O) groups excluding carboxylic acids is 1. The van der Waals surface area contributed by atoms with Crippen LogP contribution >= 0.6 is 11.8 Å². The van der Waals surface area contributed by atoms with E-state index >= 15 is 0 Å². The van der Waals surface area contributed by atoms with Crippen molar-refractivity contribution in [2.24, 2.45) is 10.7 Å². The van der Waals surface area contributed by atoms with Crippen molar-refractivity contribution >= 4 is 29.3 Å². The van der Waals surface area contributed by atoms with Crippen molar-refractivity contribution in [3.05, 3.63) is 29.8 Å². The van der Waals surface area contributed by atoms with Gasteiger partial charge >= 0.3 is 0 Å². The lowest BCUT2D eigenvalue weighted by Gasteiger charge is -2.27. The van der Waals surface area contributed by atoms with E-state index in [1.165, 1.54) is 0 Å². The maximum atomic E-state index is 12.0. The Morgan fingerprint density at radius 2 is 1.87 bits per heavy atom. The first-order valence-electron chi connectivity index (χ1n) is 8.26. The first-order valence-corrected chi connectivity index (χ1v) is 9.41. The van der Waals surface area contributed by atoms with Gasteiger partial charge < -0.3 is 15.5 Å². The number of thioether (sulfide) groups is 1. The molecule has 2 aliphatic rings. The molecule has 1 amide bonds. The Kier molecular flexibility index (Phi) is 5.43. The van der Waals surface area contributed by atoms with Gasteiger partial charge in [0.15, 0.2) is 5.96 Å². The van der Waals surface area contributed by atoms with Crippen LogP contribution in [-0.4, -0.2) is 47.9 Å². The summed E-state index contributed by atoms with van der Waals surface area (Å²) in [6.45, 7) is 3.38. The van der Waals surface area contributed by atoms with Crippen molar-refractivity contribution in [1.82, 2.24) is 4.90 Å². The second-order valence-corrected chi connectivity index (χ2v) is 7.17. The number of aliphatic imine (C=N–C) groups is 1. The molecule has 0 aromatic heterocycles. The summed E-state index contributed by atoms with van der Waals surface area (Å²) in [5, 5.41) is 0. The van der Waals surface area contributed by atoms with E-state index in [0.29, 0.717) is 18.9 Å². The van der Waals surface area contributed by atoms with Gasteiger partial charge in [-0.25, -0.2) is 4.99 Å². The zero-order chi connectivity index (χ0) is 16.1. The van der Waals surface area contributed by atoms with Crippen molar-refractivity contribution in [3.63, 3.8) is 0 Å². The van der Waals surface area contributed by atoms with Crippen molar-refractivity contribution in [3.8, 4) is 0 Å². The molecule has 0 bridgehead atoms. The molecule has 2 N–H and O–H groups in total. The normalized spacial score (nSPS) is 20.0. The van der Waals surface area contributed by atoms with Gasteiger partial charge in [0, 0.05) is 43.2 Å². The van der Waals surface area contributed by atoms with Crippen LogP contribution in [0.5, 0.6) is 0 Å². The van der Waals surface area contributed by atoms with Gasteiger partial charge in [-0.15, -0.1) is 0 Å². The minimum Gasteiger partial charge on any atom is -0.370 e. The highest BCUT2D eigenvalue weighted by molar-refractivity contribution is 7.99. The second-order valence-electron chi connectivity index (χ2n) is 5.94. The Morgan fingerprint density at radius 1 is 1.13 bits per heavy atom. The fourth-order valence-corrected chi connectivity index (χ4v) is 3.83. The predicted molar refractivity (Wildman–Crippen MR) is 96.9 cm³/mol. The molecule has 0 spiro atoms. The van der Waals surface area contributed by atoms with Crippen LogP contribution in [0.25, 0.3) is 0 Å². The monoisotopic (exact) mass is 332 g/mol. The van der Waals surface area contributed by atoms with E-state index in [4.69, 9.17) is 5.73 Å². The van der Waals surface area contributed by atoms with Crippen molar-refractivity contribution < 1.29 is 4.79 Å². The Labute approximate surface area is 141 Å². The summed E-state index contributed by atoms with van der Waals surface area (Å²) in [6.07, 6.45) is 2.76. The van der Waals surface area contributed by atoms with Crippen LogP contribution in [0.1, 0.15) is 24.8 Å². The molecule has 0 aliphatic carbocycles. The van der Waals surface area contributed by atoms with Crippen LogP contribution < -0.4 is 10.6 Å². The molecule has 23 heavy (non-hydrogen) atoms. The topological polar surface area (TPSA) is 61.9 Å². The zero-order valence-corrected chi connectivity index (χ0v) is 14.2. The molecule has 1 aromatic rings. The molecule has 5 nitrogen and oxygen atoms in total. The quantitative estimate of drug-likeness (QED) is 0.680. The first-order chi connectivity index (χ1) is 11.2. The molecule has 2 aliphatic heterocycles. The summed E-state index contributed by atoms with van der Waals surface area (Å²) in [4.78, 5) is 20.5. The van der Waals surface area contributed by atoms with E-state index in [9.17, 15) is 4.79 Å². The van der Waals surface area contributed by atoms with Crippen LogP contribution in [0, 0.1) is 0 Å². The summed E-state index contributed by atoms with van der Waals surface area (Å²) < 4.78 is 0. The fraction of sp³-hybridized carbons (Fsp3) is 0.529. The van der Waals surface area contributed by atoms with Gasteiger partial charge in [0.05, 0.1) is 6.54 Å². The average Bonchev–Trinajstić information content (AvgIpc) is 2.61. The number of carbonyl (C=O) groups is 1. The Bertz CT molecular complexity index is 566. The summed E-state index contributed by atoms with van der Waals surface area (Å²) in [5.74, 6) is 3.11. The maximum Gasteiger partial charge on any atom is 0.226 e. The third-order valence-corrected chi connectivity index (χ3v) is 5.27. The van der Waals surface area contributed by atoms with Crippen molar-refractivity contribution in [2.75, 3.05) is 36.0 Å². The lowest BCUT2D eigenvalue weighted by Crippen LogP contribution is -2.42. The van der Waals surface area contributed by atoms with Gasteiger partial charge in [0.1, 0.15) is 0 Å². The van der Waals surface area contributed by atoms with Crippen LogP contribution in [0.2, 0.25) is 0 Å². The van der Waals surface area contributed by atoms with E-state index in [1.54, 1.807) is 0 Å². The van der Waals surface area contributed by atoms with E-state index in [2.05, 4.69) is 9.89 Å². The number of nitrogens with two attached hydrogens (primary N) is 1. The van der Waals surface area contributed by atoms with Crippen LogP contribution in [0.15, 0.2) is 29.3 Å². The van der Waals surface area contributed by atoms with Crippen molar-refractivity contribution in [1.29, 1.82) is 0 Å². The number of amides is 1. The molecule has 0 atom stereocenters. The maximum absolute atomic E-state index is 12.0. The minimum atomic E-state index is 0.231. The molecular weight excluding hydrogens is 308 g/mol. The second kappa shape index (κ2) is 7.73. The molecule has 0 saturated carbocycles. The van der Waals surface area contributed by atoms with E-state index in [-0.39, 0.29) is 5.91 Å². The first kappa shape index (κ1) is 16.2. The smallest absolute Gasteiger partial charge is 0.226 e. The molecule has 3 rings (SSSR count). The molecule has 0 unspecified atom stereocenters. The summed E-state index contributed by atoms with van der Waals surface area (Å²) in [6, 6.07) is 8.11. The highest BCUT2D eigenvalue weighted by atomic mass is 32.2. The molecule has 124 valence electrons. The Hall–Kier alpha value is -1.69. The zero-order valence-electron chi connectivity index (χ0n) is 13.4.